The third kappa shape index (κ3) is 3.81. The van der Waals surface area contributed by atoms with E-state index in [0.717, 1.165) is 38.2 Å². The van der Waals surface area contributed by atoms with E-state index in [4.69, 9.17) is 5.26 Å². The fraction of sp³-hybridized carbons (Fsp3) is 0.389. The number of likely N-dealkylation sites (tertiary alicyclic amines) is 1. The minimum absolute atomic E-state index is 0.0316. The number of aryl methyl sites for hydroxylation is 1. The maximum Gasteiger partial charge on any atom is 0.250 e. The molecule has 2 aromatic heterocycles. The Bertz CT molecular complexity index is 808. The summed E-state index contributed by atoms with van der Waals surface area (Å²) in [7, 11) is 1.76. The second-order valence-corrected chi connectivity index (χ2v) is 6.27. The first-order chi connectivity index (χ1) is 11.7. The Morgan fingerprint density at radius 2 is 2.33 bits per heavy atom. The molecule has 0 amide bonds. The molecule has 0 radical (unpaired) electrons. The van der Waals surface area contributed by atoms with E-state index >= 15 is 0 Å². The summed E-state index contributed by atoms with van der Waals surface area (Å²) >= 11 is 0. The predicted octanol–water partition coefficient (Wildman–Crippen LogP) is 1.59. The zero-order valence-electron chi connectivity index (χ0n) is 13.8. The van der Waals surface area contributed by atoms with Crippen LogP contribution in [0.5, 0.6) is 0 Å². The lowest BCUT2D eigenvalue weighted by Crippen LogP contribution is -2.24. The van der Waals surface area contributed by atoms with Gasteiger partial charge in [-0.3, -0.25) is 9.69 Å². The Hall–Kier alpha value is -2.65. The van der Waals surface area contributed by atoms with E-state index in [1.807, 2.05) is 12.3 Å². The molecular formula is C18H21N5O. The van der Waals surface area contributed by atoms with E-state index in [2.05, 4.69) is 21.3 Å². The Morgan fingerprint density at radius 1 is 1.46 bits per heavy atom. The molecule has 124 valence electrons. The lowest BCUT2D eigenvalue weighted by atomic mass is 10.1. The van der Waals surface area contributed by atoms with Crippen molar-refractivity contribution < 1.29 is 0 Å². The van der Waals surface area contributed by atoms with Gasteiger partial charge in [-0.1, -0.05) is 0 Å². The highest BCUT2D eigenvalue weighted by Crippen LogP contribution is 2.19. The number of nitriles is 1. The number of rotatable bonds is 5. The molecule has 0 bridgehead atoms. The van der Waals surface area contributed by atoms with Crippen molar-refractivity contribution >= 4 is 5.82 Å². The molecule has 0 spiro atoms. The Balaban J connectivity index is 1.53. The van der Waals surface area contributed by atoms with Gasteiger partial charge in [0, 0.05) is 45.1 Å². The van der Waals surface area contributed by atoms with E-state index in [-0.39, 0.29) is 5.56 Å². The summed E-state index contributed by atoms with van der Waals surface area (Å²) in [6.45, 7) is 3.62. The van der Waals surface area contributed by atoms with Gasteiger partial charge < -0.3 is 9.88 Å². The summed E-state index contributed by atoms with van der Waals surface area (Å²) in [5.41, 5.74) is 1.67. The summed E-state index contributed by atoms with van der Waals surface area (Å²) in [6.07, 6.45) is 4.61. The van der Waals surface area contributed by atoms with Gasteiger partial charge in [-0.15, -0.1) is 0 Å². The quantitative estimate of drug-likeness (QED) is 0.904. The van der Waals surface area contributed by atoms with E-state index in [9.17, 15) is 4.79 Å². The number of aromatic nitrogens is 2. The molecule has 1 saturated heterocycles. The highest BCUT2D eigenvalue weighted by molar-refractivity contribution is 5.51. The highest BCUT2D eigenvalue weighted by atomic mass is 16.1. The average molecular weight is 323 g/mol. The zero-order chi connectivity index (χ0) is 16.9. The number of pyridine rings is 2. The van der Waals surface area contributed by atoms with E-state index < -0.39 is 0 Å². The van der Waals surface area contributed by atoms with Crippen LogP contribution in [0.25, 0.3) is 0 Å². The van der Waals surface area contributed by atoms with E-state index in [1.54, 1.807) is 36.0 Å². The van der Waals surface area contributed by atoms with Crippen LogP contribution >= 0.6 is 0 Å². The molecule has 3 rings (SSSR count). The summed E-state index contributed by atoms with van der Waals surface area (Å²) in [5.74, 6) is 1.18. The van der Waals surface area contributed by atoms with Crippen LogP contribution in [0.15, 0.2) is 41.5 Å². The fourth-order valence-corrected chi connectivity index (χ4v) is 3.05. The third-order valence-corrected chi connectivity index (χ3v) is 4.43. The monoisotopic (exact) mass is 323 g/mol. The van der Waals surface area contributed by atoms with Gasteiger partial charge in [0.15, 0.2) is 0 Å². The standard InChI is InChI=1S/C18H21N5O/c1-22-7-4-14(9-17(22)24)12-23-8-5-15(13-23)11-21-18-16(10-19)3-2-6-20-18/h2-4,6-7,9,15H,5,8,11-13H2,1H3,(H,20,21)/t15-/m1/s1. The van der Waals surface area contributed by atoms with Gasteiger partial charge in [-0.2, -0.15) is 5.26 Å². The van der Waals surface area contributed by atoms with Gasteiger partial charge in [0.05, 0.1) is 5.56 Å². The maximum absolute atomic E-state index is 11.7. The predicted molar refractivity (Wildman–Crippen MR) is 92.5 cm³/mol. The van der Waals surface area contributed by atoms with Crippen LogP contribution in [-0.4, -0.2) is 34.1 Å². The normalized spacial score (nSPS) is 17.6. The first-order valence-corrected chi connectivity index (χ1v) is 8.12. The van der Waals surface area contributed by atoms with Crippen LogP contribution in [0, 0.1) is 17.2 Å². The molecule has 1 fully saturated rings. The van der Waals surface area contributed by atoms with Crippen LogP contribution in [0.4, 0.5) is 5.82 Å². The molecule has 3 heterocycles. The van der Waals surface area contributed by atoms with Crippen molar-refractivity contribution in [3.8, 4) is 6.07 Å². The van der Waals surface area contributed by atoms with Crippen molar-refractivity contribution in [2.75, 3.05) is 25.0 Å². The lowest BCUT2D eigenvalue weighted by Gasteiger charge is -2.17. The van der Waals surface area contributed by atoms with Crippen LogP contribution in [-0.2, 0) is 13.6 Å². The number of anilines is 1. The molecule has 0 aromatic carbocycles. The van der Waals surface area contributed by atoms with Crippen LogP contribution < -0.4 is 10.9 Å². The summed E-state index contributed by atoms with van der Waals surface area (Å²) < 4.78 is 1.58. The summed E-state index contributed by atoms with van der Waals surface area (Å²) in [5, 5.41) is 12.4. The number of nitrogens with one attached hydrogen (secondary N) is 1. The van der Waals surface area contributed by atoms with Gasteiger partial charge in [-0.05, 0) is 42.6 Å². The summed E-state index contributed by atoms with van der Waals surface area (Å²) in [6, 6.07) is 9.40. The first-order valence-electron chi connectivity index (χ1n) is 8.12. The van der Waals surface area contributed by atoms with Gasteiger partial charge >= 0.3 is 0 Å². The molecule has 24 heavy (non-hydrogen) atoms. The Morgan fingerprint density at radius 3 is 3.12 bits per heavy atom. The van der Waals surface area contributed by atoms with Crippen molar-refractivity contribution in [1.29, 1.82) is 5.26 Å². The lowest BCUT2D eigenvalue weighted by molar-refractivity contribution is 0.318. The van der Waals surface area contributed by atoms with Gasteiger partial charge in [0.1, 0.15) is 11.9 Å². The van der Waals surface area contributed by atoms with Crippen molar-refractivity contribution in [1.82, 2.24) is 14.5 Å². The van der Waals surface area contributed by atoms with Crippen molar-refractivity contribution in [2.45, 2.75) is 13.0 Å². The van der Waals surface area contributed by atoms with E-state index in [1.165, 1.54) is 0 Å². The van der Waals surface area contributed by atoms with Crippen LogP contribution in [0.3, 0.4) is 0 Å². The first kappa shape index (κ1) is 16.2. The van der Waals surface area contributed by atoms with Crippen LogP contribution in [0.1, 0.15) is 17.5 Å². The molecule has 1 atom stereocenters. The number of hydrogen-bond donors (Lipinski definition) is 1. The molecule has 0 unspecified atom stereocenters. The molecule has 1 aliphatic heterocycles. The van der Waals surface area contributed by atoms with Crippen molar-refractivity contribution in [2.24, 2.45) is 13.0 Å². The van der Waals surface area contributed by atoms with Gasteiger partial charge in [0.25, 0.3) is 5.56 Å². The molecule has 0 aliphatic carbocycles. The van der Waals surface area contributed by atoms with Crippen molar-refractivity contribution in [3.05, 3.63) is 58.1 Å². The SMILES string of the molecule is Cn1ccc(CN2CC[C@H](CNc3ncccc3C#N)C2)cc1=O. The van der Waals surface area contributed by atoms with Gasteiger partial charge in [-0.25, -0.2) is 4.98 Å². The molecule has 1 N–H and O–H groups in total. The second kappa shape index (κ2) is 7.28. The summed E-state index contributed by atoms with van der Waals surface area (Å²) in [4.78, 5) is 18.3. The van der Waals surface area contributed by atoms with Gasteiger partial charge in [0.2, 0.25) is 0 Å². The molecule has 1 aliphatic rings. The topological polar surface area (TPSA) is 74.0 Å². The minimum atomic E-state index is 0.0316. The second-order valence-electron chi connectivity index (χ2n) is 6.27. The molecule has 6 heteroatoms. The number of nitrogens with zero attached hydrogens (tertiary/aromatic N) is 4. The zero-order valence-corrected chi connectivity index (χ0v) is 13.8. The third-order valence-electron chi connectivity index (χ3n) is 4.43. The van der Waals surface area contributed by atoms with E-state index in [0.29, 0.717) is 17.3 Å². The largest absolute Gasteiger partial charge is 0.369 e. The number of hydrogen-bond acceptors (Lipinski definition) is 5. The van der Waals surface area contributed by atoms with Crippen LogP contribution in [0.2, 0.25) is 0 Å². The average Bonchev–Trinajstić information content (AvgIpc) is 3.04. The highest BCUT2D eigenvalue weighted by Gasteiger charge is 2.22. The molecule has 0 saturated carbocycles. The molecule has 6 nitrogen and oxygen atoms in total. The Labute approximate surface area is 141 Å². The Kier molecular flexibility index (Phi) is 4.92. The smallest absolute Gasteiger partial charge is 0.250 e. The fourth-order valence-electron chi connectivity index (χ4n) is 3.05. The van der Waals surface area contributed by atoms with Crippen molar-refractivity contribution in [3.63, 3.8) is 0 Å². The maximum atomic E-state index is 11.7. The molecular weight excluding hydrogens is 302 g/mol. The minimum Gasteiger partial charge on any atom is -0.369 e. The molecule has 2 aromatic rings.